The minimum absolute atomic E-state index is 0.183. The molecule has 13 heteroatoms. The highest BCUT2D eigenvalue weighted by atomic mass is 32.2. The molecule has 192 valence electrons. The zero-order valence-corrected chi connectivity index (χ0v) is 19.3. The van der Waals surface area contributed by atoms with Gasteiger partial charge in [0.15, 0.2) is 0 Å². The molecule has 2 saturated carbocycles. The van der Waals surface area contributed by atoms with Gasteiger partial charge in [-0.1, -0.05) is 0 Å². The molecular weight excluding hydrogens is 493 g/mol. The van der Waals surface area contributed by atoms with Crippen LogP contribution in [-0.4, -0.2) is 55.4 Å². The standard InChI is InChI=1S/C21H25F7N2O3S/c1-18(22,23)4-3-12-9-30(13-7-19(8-13)10-20(24,25)11-19)15-5-14(21(26,27)28)16(31)6-17(15)34(32,33)29(12)2/h5-6,12-13,31H,3-4,7-11H2,1-2H3. The highest BCUT2D eigenvalue weighted by Crippen LogP contribution is 2.64. The van der Waals surface area contributed by atoms with Gasteiger partial charge in [-0.3, -0.25) is 0 Å². The second kappa shape index (κ2) is 7.62. The topological polar surface area (TPSA) is 60.9 Å². The molecule has 4 rings (SSSR count). The van der Waals surface area contributed by atoms with Crippen molar-refractivity contribution in [3.05, 3.63) is 17.7 Å². The van der Waals surface area contributed by atoms with Gasteiger partial charge in [0.2, 0.25) is 21.9 Å². The number of phenols is 1. The van der Waals surface area contributed by atoms with Gasteiger partial charge in [0, 0.05) is 51.0 Å². The molecule has 0 amide bonds. The van der Waals surface area contributed by atoms with Gasteiger partial charge in [-0.2, -0.15) is 17.5 Å². The molecule has 3 aliphatic rings. The Morgan fingerprint density at radius 1 is 1.12 bits per heavy atom. The maximum Gasteiger partial charge on any atom is 0.420 e. The number of aromatic hydroxyl groups is 1. The zero-order valence-electron chi connectivity index (χ0n) is 18.5. The van der Waals surface area contributed by atoms with Crippen LogP contribution < -0.4 is 4.90 Å². The van der Waals surface area contributed by atoms with Gasteiger partial charge in [0.25, 0.3) is 0 Å². The van der Waals surface area contributed by atoms with E-state index in [4.69, 9.17) is 0 Å². The van der Waals surface area contributed by atoms with E-state index in [1.165, 1.54) is 4.90 Å². The predicted molar refractivity (Wildman–Crippen MR) is 109 cm³/mol. The van der Waals surface area contributed by atoms with Crippen LogP contribution in [0.25, 0.3) is 0 Å². The molecular formula is C21H25F7N2O3S. The van der Waals surface area contributed by atoms with Crippen molar-refractivity contribution in [1.82, 2.24) is 4.31 Å². The highest BCUT2D eigenvalue weighted by Gasteiger charge is 2.63. The Morgan fingerprint density at radius 2 is 1.71 bits per heavy atom. The molecule has 0 saturated heterocycles. The summed E-state index contributed by atoms with van der Waals surface area (Å²) in [6, 6.07) is -0.460. The van der Waals surface area contributed by atoms with Gasteiger partial charge in [-0.05, 0) is 37.7 Å². The molecule has 2 aliphatic carbocycles. The van der Waals surface area contributed by atoms with Crippen molar-refractivity contribution < 1.29 is 44.3 Å². The lowest BCUT2D eigenvalue weighted by Gasteiger charge is -2.60. The number of fused-ring (bicyclic) bond motifs is 1. The number of hydrogen-bond acceptors (Lipinski definition) is 4. The normalized spacial score (nSPS) is 26.5. The number of nitrogens with zero attached hydrogens (tertiary/aromatic N) is 2. The first kappa shape index (κ1) is 25.3. The molecule has 1 unspecified atom stereocenters. The van der Waals surface area contributed by atoms with E-state index in [9.17, 15) is 44.3 Å². The molecule has 5 nitrogen and oxygen atoms in total. The fraction of sp³-hybridized carbons (Fsp3) is 0.714. The van der Waals surface area contributed by atoms with Crippen molar-refractivity contribution in [2.75, 3.05) is 18.5 Å². The lowest BCUT2D eigenvalue weighted by molar-refractivity contribution is -0.195. The maximum absolute atomic E-state index is 13.5. The third-order valence-electron chi connectivity index (χ3n) is 7.23. The Balaban J connectivity index is 1.76. The van der Waals surface area contributed by atoms with Gasteiger partial charge in [0.05, 0.1) is 11.3 Å². The smallest absolute Gasteiger partial charge is 0.420 e. The van der Waals surface area contributed by atoms with Gasteiger partial charge in [-0.25, -0.2) is 26.0 Å². The summed E-state index contributed by atoms with van der Waals surface area (Å²) in [5.74, 6) is -7.16. The number of sulfonamides is 1. The minimum atomic E-state index is -4.98. The summed E-state index contributed by atoms with van der Waals surface area (Å²) in [6.45, 7) is 0.503. The van der Waals surface area contributed by atoms with Crippen molar-refractivity contribution in [3.63, 3.8) is 0 Å². The van der Waals surface area contributed by atoms with E-state index < -0.39 is 68.2 Å². The number of hydrogen-bond donors (Lipinski definition) is 1. The first-order chi connectivity index (χ1) is 15.3. The lowest BCUT2D eigenvalue weighted by Crippen LogP contribution is -2.61. The highest BCUT2D eigenvalue weighted by molar-refractivity contribution is 7.89. The summed E-state index contributed by atoms with van der Waals surface area (Å²) in [6.07, 6.45) is -6.13. The van der Waals surface area contributed by atoms with Crippen LogP contribution >= 0.6 is 0 Å². The Hall–Kier alpha value is -1.76. The van der Waals surface area contributed by atoms with E-state index in [2.05, 4.69) is 0 Å². The molecule has 1 aliphatic heterocycles. The Morgan fingerprint density at radius 3 is 2.21 bits per heavy atom. The fourth-order valence-electron chi connectivity index (χ4n) is 5.54. The van der Waals surface area contributed by atoms with E-state index in [1.807, 2.05) is 0 Å². The van der Waals surface area contributed by atoms with Crippen molar-refractivity contribution in [2.24, 2.45) is 5.41 Å². The van der Waals surface area contributed by atoms with Crippen LogP contribution in [0.5, 0.6) is 5.75 Å². The summed E-state index contributed by atoms with van der Waals surface area (Å²) in [5, 5.41) is 9.97. The van der Waals surface area contributed by atoms with Crippen molar-refractivity contribution >= 4 is 15.7 Å². The molecule has 1 heterocycles. The van der Waals surface area contributed by atoms with Crippen molar-refractivity contribution in [1.29, 1.82) is 0 Å². The first-order valence-corrected chi connectivity index (χ1v) is 12.2. The fourth-order valence-corrected chi connectivity index (χ4v) is 7.12. The number of halogens is 7. The van der Waals surface area contributed by atoms with Crippen LogP contribution in [0.4, 0.5) is 36.4 Å². The molecule has 1 aromatic carbocycles. The van der Waals surface area contributed by atoms with E-state index in [1.54, 1.807) is 0 Å². The summed E-state index contributed by atoms with van der Waals surface area (Å²) in [7, 11) is -3.29. The molecule has 1 N–H and O–H groups in total. The van der Waals surface area contributed by atoms with Crippen LogP contribution in [0.3, 0.4) is 0 Å². The number of likely N-dealkylation sites (N-methyl/N-ethyl adjacent to an activating group) is 1. The van der Waals surface area contributed by atoms with Crippen LogP contribution in [0.1, 0.15) is 51.0 Å². The largest absolute Gasteiger partial charge is 0.507 e. The second-order valence-corrected chi connectivity index (χ2v) is 12.0. The van der Waals surface area contributed by atoms with Crippen LogP contribution in [0, 0.1) is 5.41 Å². The third kappa shape index (κ3) is 4.45. The Labute approximate surface area is 192 Å². The van der Waals surface area contributed by atoms with Crippen molar-refractivity contribution in [2.45, 2.75) is 80.4 Å². The number of anilines is 1. The first-order valence-electron chi connectivity index (χ1n) is 10.8. The summed E-state index contributed by atoms with van der Waals surface area (Å²) in [5.41, 5.74) is -2.40. The molecule has 2 fully saturated rings. The third-order valence-corrected chi connectivity index (χ3v) is 9.17. The summed E-state index contributed by atoms with van der Waals surface area (Å²) in [4.78, 5) is 0.830. The lowest BCUT2D eigenvalue weighted by atomic mass is 9.52. The SMILES string of the molecule is CN1C(CCC(C)(F)F)CN(C2CC3(C2)CC(F)(F)C3)c2cc(C(F)(F)F)c(O)cc2S1(=O)=O. The summed E-state index contributed by atoms with van der Waals surface area (Å²) >= 11 is 0. The molecule has 0 radical (unpaired) electrons. The number of benzene rings is 1. The molecule has 34 heavy (non-hydrogen) atoms. The van der Waals surface area contributed by atoms with Gasteiger partial charge in [0.1, 0.15) is 10.6 Å². The van der Waals surface area contributed by atoms with Gasteiger partial charge in [-0.15, -0.1) is 0 Å². The average Bonchev–Trinajstić information content (AvgIpc) is 2.69. The van der Waals surface area contributed by atoms with Crippen LogP contribution in [-0.2, 0) is 16.2 Å². The Bertz CT molecular complexity index is 1070. The molecule has 0 aromatic heterocycles. The van der Waals surface area contributed by atoms with E-state index in [0.717, 1.165) is 11.4 Å². The van der Waals surface area contributed by atoms with Gasteiger partial charge >= 0.3 is 6.18 Å². The van der Waals surface area contributed by atoms with Crippen LogP contribution in [0.15, 0.2) is 17.0 Å². The van der Waals surface area contributed by atoms with Gasteiger partial charge < -0.3 is 10.0 Å². The average molecular weight is 518 g/mol. The predicted octanol–water partition coefficient (Wildman–Crippen LogP) is 5.23. The second-order valence-electron chi connectivity index (χ2n) is 10.0. The molecule has 1 aromatic rings. The summed E-state index contributed by atoms with van der Waals surface area (Å²) < 4.78 is 122. The monoisotopic (exact) mass is 518 g/mol. The zero-order chi connectivity index (χ0) is 25.5. The maximum atomic E-state index is 13.5. The number of rotatable bonds is 4. The molecule has 0 bridgehead atoms. The van der Waals surface area contributed by atoms with E-state index in [0.29, 0.717) is 19.1 Å². The quantitative estimate of drug-likeness (QED) is 0.555. The van der Waals surface area contributed by atoms with Crippen molar-refractivity contribution in [3.8, 4) is 5.75 Å². The number of alkyl halides is 7. The van der Waals surface area contributed by atoms with E-state index >= 15 is 0 Å². The Kier molecular flexibility index (Phi) is 5.68. The van der Waals surface area contributed by atoms with E-state index in [-0.39, 0.29) is 44.3 Å². The molecule has 1 spiro atoms. The molecule has 1 atom stereocenters. The number of phenolic OH excluding ortho intramolecular Hbond substituents is 1. The van der Waals surface area contributed by atoms with Crippen LogP contribution in [0.2, 0.25) is 0 Å². The minimum Gasteiger partial charge on any atom is -0.507 e.